The molecule has 2 rings (SSSR count). The minimum Gasteiger partial charge on any atom is -0.342 e. The fraction of sp³-hybridized carbons (Fsp3) is 0.824. The number of likely N-dealkylation sites (tertiary alicyclic amines) is 2. The van der Waals surface area contributed by atoms with Gasteiger partial charge < -0.3 is 10.2 Å². The van der Waals surface area contributed by atoms with Crippen LogP contribution in [0.3, 0.4) is 0 Å². The van der Waals surface area contributed by atoms with Gasteiger partial charge in [-0.05, 0) is 25.7 Å². The third-order valence-corrected chi connectivity index (χ3v) is 4.67. The first kappa shape index (κ1) is 16.3. The van der Waals surface area contributed by atoms with Crippen LogP contribution in [0.25, 0.3) is 0 Å². The standard InChI is InChI=1S/C17H29N3O/c1-4-9-19-10-5-15(6-11-19)18-16-7-12-20(13-8-16)17(21)14(2)3/h1,14-16,18H,5-13H2,2-3H3. The van der Waals surface area contributed by atoms with Gasteiger partial charge in [0.1, 0.15) is 0 Å². The van der Waals surface area contributed by atoms with Crippen molar-refractivity contribution < 1.29 is 4.79 Å². The van der Waals surface area contributed by atoms with E-state index in [2.05, 4.69) is 16.1 Å². The van der Waals surface area contributed by atoms with Crippen molar-refractivity contribution in [1.29, 1.82) is 0 Å². The Bertz CT molecular complexity index is 372. The van der Waals surface area contributed by atoms with E-state index in [1.807, 2.05) is 18.7 Å². The minimum atomic E-state index is 0.120. The second-order valence-electron chi connectivity index (χ2n) is 6.68. The molecule has 4 heteroatoms. The highest BCUT2D eigenvalue weighted by atomic mass is 16.2. The second kappa shape index (κ2) is 7.82. The molecule has 0 aromatic heterocycles. The molecule has 0 aromatic rings. The van der Waals surface area contributed by atoms with E-state index in [1.54, 1.807) is 0 Å². The first-order valence-electron chi connectivity index (χ1n) is 8.30. The maximum atomic E-state index is 12.0. The van der Waals surface area contributed by atoms with Crippen molar-refractivity contribution in [2.75, 3.05) is 32.7 Å². The topological polar surface area (TPSA) is 35.6 Å². The summed E-state index contributed by atoms with van der Waals surface area (Å²) >= 11 is 0. The molecule has 4 nitrogen and oxygen atoms in total. The lowest BCUT2D eigenvalue weighted by Gasteiger charge is -2.38. The molecule has 0 unspecified atom stereocenters. The average Bonchev–Trinajstić information content (AvgIpc) is 2.49. The molecular weight excluding hydrogens is 262 g/mol. The minimum absolute atomic E-state index is 0.120. The summed E-state index contributed by atoms with van der Waals surface area (Å²) in [5.41, 5.74) is 0. The van der Waals surface area contributed by atoms with E-state index in [0.717, 1.165) is 45.6 Å². The van der Waals surface area contributed by atoms with E-state index in [1.165, 1.54) is 12.8 Å². The highest BCUT2D eigenvalue weighted by Crippen LogP contribution is 2.17. The van der Waals surface area contributed by atoms with Crippen molar-refractivity contribution in [1.82, 2.24) is 15.1 Å². The molecule has 0 aromatic carbocycles. The highest BCUT2D eigenvalue weighted by molar-refractivity contribution is 5.78. The number of nitrogens with zero attached hydrogens (tertiary/aromatic N) is 2. The smallest absolute Gasteiger partial charge is 0.225 e. The number of terminal acetylenes is 1. The van der Waals surface area contributed by atoms with Crippen LogP contribution in [-0.2, 0) is 4.79 Å². The van der Waals surface area contributed by atoms with Crippen LogP contribution < -0.4 is 5.32 Å². The molecule has 2 aliphatic heterocycles. The third kappa shape index (κ3) is 4.72. The molecule has 0 radical (unpaired) electrons. The Morgan fingerprint density at radius 1 is 1.14 bits per heavy atom. The Hall–Kier alpha value is -1.05. The number of amides is 1. The number of carbonyl (C=O) groups excluding carboxylic acids is 1. The number of rotatable bonds is 4. The van der Waals surface area contributed by atoms with Crippen molar-refractivity contribution in [3.8, 4) is 12.3 Å². The van der Waals surface area contributed by atoms with Gasteiger partial charge in [0.2, 0.25) is 5.91 Å². The molecule has 0 saturated carbocycles. The van der Waals surface area contributed by atoms with Crippen molar-refractivity contribution >= 4 is 5.91 Å². The van der Waals surface area contributed by atoms with E-state index >= 15 is 0 Å². The summed E-state index contributed by atoms with van der Waals surface area (Å²) in [7, 11) is 0. The average molecular weight is 291 g/mol. The number of carbonyl (C=O) groups is 1. The maximum Gasteiger partial charge on any atom is 0.225 e. The summed E-state index contributed by atoms with van der Waals surface area (Å²) in [6.07, 6.45) is 9.91. The zero-order valence-electron chi connectivity index (χ0n) is 13.5. The Balaban J connectivity index is 1.68. The molecule has 0 atom stereocenters. The molecule has 0 bridgehead atoms. The summed E-state index contributed by atoms with van der Waals surface area (Å²) in [6, 6.07) is 1.20. The molecule has 1 N–H and O–H groups in total. The van der Waals surface area contributed by atoms with Gasteiger partial charge in [0, 0.05) is 44.2 Å². The molecule has 118 valence electrons. The van der Waals surface area contributed by atoms with Gasteiger partial charge in [-0.1, -0.05) is 19.8 Å². The van der Waals surface area contributed by atoms with Gasteiger partial charge in [0.05, 0.1) is 6.54 Å². The van der Waals surface area contributed by atoms with Crippen LogP contribution >= 0.6 is 0 Å². The van der Waals surface area contributed by atoms with E-state index in [4.69, 9.17) is 6.42 Å². The number of nitrogens with one attached hydrogen (secondary N) is 1. The molecule has 21 heavy (non-hydrogen) atoms. The zero-order valence-corrected chi connectivity index (χ0v) is 13.5. The monoisotopic (exact) mass is 291 g/mol. The van der Waals surface area contributed by atoms with Crippen LogP contribution in [0.15, 0.2) is 0 Å². The van der Waals surface area contributed by atoms with Crippen LogP contribution in [0.1, 0.15) is 39.5 Å². The van der Waals surface area contributed by atoms with Gasteiger partial charge in [-0.25, -0.2) is 0 Å². The van der Waals surface area contributed by atoms with Crippen molar-refractivity contribution in [3.05, 3.63) is 0 Å². The van der Waals surface area contributed by atoms with Gasteiger partial charge in [-0.2, -0.15) is 0 Å². The molecule has 2 heterocycles. The van der Waals surface area contributed by atoms with Crippen LogP contribution in [0.4, 0.5) is 0 Å². The quantitative estimate of drug-likeness (QED) is 0.794. The van der Waals surface area contributed by atoms with Crippen LogP contribution in [0.5, 0.6) is 0 Å². The Morgan fingerprint density at radius 3 is 2.14 bits per heavy atom. The van der Waals surface area contributed by atoms with E-state index in [9.17, 15) is 4.79 Å². The van der Waals surface area contributed by atoms with Gasteiger partial charge in [0.15, 0.2) is 0 Å². The Labute approximate surface area is 129 Å². The number of piperidine rings is 2. The van der Waals surface area contributed by atoms with Crippen LogP contribution in [0.2, 0.25) is 0 Å². The molecule has 1 amide bonds. The fourth-order valence-corrected chi connectivity index (χ4v) is 3.35. The van der Waals surface area contributed by atoms with Gasteiger partial charge in [-0.15, -0.1) is 6.42 Å². The lowest BCUT2D eigenvalue weighted by atomic mass is 9.99. The summed E-state index contributed by atoms with van der Waals surface area (Å²) in [5.74, 6) is 3.15. The first-order valence-corrected chi connectivity index (χ1v) is 8.30. The highest BCUT2D eigenvalue weighted by Gasteiger charge is 2.26. The Kier molecular flexibility index (Phi) is 6.08. The van der Waals surface area contributed by atoms with Crippen molar-refractivity contribution in [2.24, 2.45) is 5.92 Å². The molecule has 2 saturated heterocycles. The number of hydrogen-bond acceptors (Lipinski definition) is 3. The molecule has 2 aliphatic rings. The lowest BCUT2D eigenvalue weighted by molar-refractivity contribution is -0.135. The van der Waals surface area contributed by atoms with E-state index in [-0.39, 0.29) is 5.92 Å². The Morgan fingerprint density at radius 2 is 1.67 bits per heavy atom. The normalized spacial score (nSPS) is 22.5. The number of hydrogen-bond donors (Lipinski definition) is 1. The fourth-order valence-electron chi connectivity index (χ4n) is 3.35. The van der Waals surface area contributed by atoms with Crippen molar-refractivity contribution in [3.63, 3.8) is 0 Å². The first-order chi connectivity index (χ1) is 10.1. The zero-order chi connectivity index (χ0) is 15.2. The summed E-state index contributed by atoms with van der Waals surface area (Å²) < 4.78 is 0. The molecular formula is C17H29N3O. The third-order valence-electron chi connectivity index (χ3n) is 4.67. The largest absolute Gasteiger partial charge is 0.342 e. The maximum absolute atomic E-state index is 12.0. The summed E-state index contributed by atoms with van der Waals surface area (Å²) in [6.45, 7) is 8.77. The SMILES string of the molecule is C#CCN1CCC(NC2CCN(C(=O)C(C)C)CC2)CC1. The predicted molar refractivity (Wildman–Crippen MR) is 85.9 cm³/mol. The van der Waals surface area contributed by atoms with Crippen LogP contribution in [-0.4, -0.2) is 60.5 Å². The van der Waals surface area contributed by atoms with E-state index < -0.39 is 0 Å². The van der Waals surface area contributed by atoms with E-state index in [0.29, 0.717) is 18.0 Å². The van der Waals surface area contributed by atoms with Gasteiger partial charge in [-0.3, -0.25) is 9.69 Å². The van der Waals surface area contributed by atoms with Gasteiger partial charge >= 0.3 is 0 Å². The van der Waals surface area contributed by atoms with Gasteiger partial charge in [0.25, 0.3) is 0 Å². The molecule has 2 fully saturated rings. The summed E-state index contributed by atoms with van der Waals surface area (Å²) in [4.78, 5) is 16.4. The molecule has 0 spiro atoms. The predicted octanol–water partition coefficient (Wildman–Crippen LogP) is 1.32. The van der Waals surface area contributed by atoms with Crippen molar-refractivity contribution in [2.45, 2.75) is 51.6 Å². The van der Waals surface area contributed by atoms with Crippen LogP contribution in [0, 0.1) is 18.3 Å². The second-order valence-corrected chi connectivity index (χ2v) is 6.68. The lowest BCUT2D eigenvalue weighted by Crippen LogP contribution is -2.51. The summed E-state index contributed by atoms with van der Waals surface area (Å²) in [5, 5.41) is 3.79. The molecule has 0 aliphatic carbocycles.